The van der Waals surface area contributed by atoms with E-state index in [4.69, 9.17) is 0 Å². The minimum Gasteiger partial charge on any atom is -0.355 e. The molecule has 0 saturated heterocycles. The highest BCUT2D eigenvalue weighted by Gasteiger charge is 2.13. The zero-order valence-corrected chi connectivity index (χ0v) is 18.8. The summed E-state index contributed by atoms with van der Waals surface area (Å²) in [5, 5.41) is 19.2. The first-order chi connectivity index (χ1) is 16.6. The maximum atomic E-state index is 12.7. The molecule has 0 saturated carbocycles. The van der Waals surface area contributed by atoms with Crippen LogP contribution < -0.4 is 10.6 Å². The molecule has 5 aromatic rings. The number of nitrogens with zero attached hydrogens (tertiary/aromatic N) is 4. The van der Waals surface area contributed by atoms with Crippen LogP contribution in [0.3, 0.4) is 0 Å². The van der Waals surface area contributed by atoms with Gasteiger partial charge in [0.1, 0.15) is 5.69 Å². The lowest BCUT2D eigenvalue weighted by Gasteiger charge is -2.10. The lowest BCUT2D eigenvalue weighted by atomic mass is 10.1. The lowest BCUT2D eigenvalue weighted by molar-refractivity contribution is 0.101. The number of amides is 1. The number of carbonyl (C=O) groups is 1. The maximum Gasteiger partial charge on any atom is 0.273 e. The molecule has 9 heteroatoms. The van der Waals surface area contributed by atoms with Crippen molar-refractivity contribution in [3.63, 3.8) is 0 Å². The monoisotopic (exact) mass is 452 g/mol. The third-order valence-corrected chi connectivity index (χ3v) is 5.38. The number of anilines is 3. The number of aryl methyl sites for hydroxylation is 2. The van der Waals surface area contributed by atoms with Crippen LogP contribution in [0.2, 0.25) is 0 Å². The Morgan fingerprint density at radius 1 is 1.09 bits per heavy atom. The van der Waals surface area contributed by atoms with Crippen molar-refractivity contribution in [2.45, 2.75) is 20.4 Å². The number of benzene rings is 2. The Morgan fingerprint density at radius 2 is 1.94 bits per heavy atom. The van der Waals surface area contributed by atoms with Crippen molar-refractivity contribution < 1.29 is 4.79 Å². The summed E-state index contributed by atoms with van der Waals surface area (Å²) in [6, 6.07) is 15.4. The maximum absolute atomic E-state index is 12.7. The van der Waals surface area contributed by atoms with Crippen LogP contribution in [0.4, 0.5) is 17.1 Å². The van der Waals surface area contributed by atoms with Gasteiger partial charge in [0.25, 0.3) is 5.91 Å². The summed E-state index contributed by atoms with van der Waals surface area (Å²) in [5.41, 5.74) is 6.50. The average Bonchev–Trinajstić information content (AvgIpc) is 3.57. The third kappa shape index (κ3) is 4.44. The van der Waals surface area contributed by atoms with Gasteiger partial charge < -0.3 is 15.6 Å². The van der Waals surface area contributed by atoms with E-state index in [1.165, 1.54) is 0 Å². The van der Waals surface area contributed by atoms with E-state index in [2.05, 4.69) is 35.9 Å². The quantitative estimate of drug-likeness (QED) is 0.278. The van der Waals surface area contributed by atoms with Gasteiger partial charge in [-0.1, -0.05) is 6.07 Å². The van der Waals surface area contributed by atoms with E-state index < -0.39 is 0 Å². The molecule has 34 heavy (non-hydrogen) atoms. The van der Waals surface area contributed by atoms with Crippen molar-refractivity contribution in [3.8, 4) is 0 Å². The summed E-state index contributed by atoms with van der Waals surface area (Å²) in [6.45, 7) is 4.47. The van der Waals surface area contributed by atoms with Crippen LogP contribution in [0.5, 0.6) is 0 Å². The zero-order valence-electron chi connectivity index (χ0n) is 18.8. The molecule has 9 nitrogen and oxygen atoms in total. The van der Waals surface area contributed by atoms with Gasteiger partial charge in [-0.15, -0.1) is 0 Å². The Labute approximate surface area is 195 Å². The third-order valence-electron chi connectivity index (χ3n) is 5.38. The number of fused-ring (bicyclic) bond motifs is 1. The molecule has 5 rings (SSSR count). The van der Waals surface area contributed by atoms with Crippen LogP contribution in [0.1, 0.15) is 34.5 Å². The molecule has 0 radical (unpaired) electrons. The zero-order chi connectivity index (χ0) is 23.5. The summed E-state index contributed by atoms with van der Waals surface area (Å²) in [4.78, 5) is 19.8. The molecule has 0 unspecified atom stereocenters. The molecule has 1 amide bonds. The van der Waals surface area contributed by atoms with E-state index in [1.807, 2.05) is 68.5 Å². The second kappa shape index (κ2) is 9.07. The molecule has 2 aromatic carbocycles. The fourth-order valence-electron chi connectivity index (χ4n) is 3.78. The van der Waals surface area contributed by atoms with Gasteiger partial charge >= 0.3 is 0 Å². The second-order valence-corrected chi connectivity index (χ2v) is 7.86. The highest BCUT2D eigenvalue weighted by molar-refractivity contribution is 6.03. The molecule has 170 valence electrons. The summed E-state index contributed by atoms with van der Waals surface area (Å²) < 4.78 is 1.70. The molecule has 0 atom stereocenters. The SMILES string of the molecule is CCn1nc(C)cc1C(=O)Nc1cccc(Nc2ccc3c(/C=C/c4cnc[nH]4)n[nH]c3c2)c1. The smallest absolute Gasteiger partial charge is 0.273 e. The predicted octanol–water partition coefficient (Wildman–Crippen LogP) is 4.98. The van der Waals surface area contributed by atoms with Crippen molar-refractivity contribution in [1.82, 2.24) is 29.9 Å². The first kappa shape index (κ1) is 21.2. The minimum absolute atomic E-state index is 0.186. The van der Waals surface area contributed by atoms with E-state index in [1.54, 1.807) is 23.3 Å². The molecule has 0 spiro atoms. The molecule has 0 bridgehead atoms. The first-order valence-corrected chi connectivity index (χ1v) is 11.0. The Morgan fingerprint density at radius 3 is 2.76 bits per heavy atom. The largest absolute Gasteiger partial charge is 0.355 e. The molecular weight excluding hydrogens is 428 g/mol. The van der Waals surface area contributed by atoms with Gasteiger partial charge in [0.15, 0.2) is 0 Å². The van der Waals surface area contributed by atoms with Crippen molar-refractivity contribution >= 4 is 46.0 Å². The van der Waals surface area contributed by atoms with Gasteiger partial charge in [-0.3, -0.25) is 14.6 Å². The Balaban J connectivity index is 1.31. The van der Waals surface area contributed by atoms with Gasteiger partial charge in [0.2, 0.25) is 0 Å². The molecule has 0 aliphatic carbocycles. The number of aromatic amines is 2. The summed E-state index contributed by atoms with van der Waals surface area (Å²) in [6.07, 6.45) is 7.27. The van der Waals surface area contributed by atoms with Crippen molar-refractivity contribution in [2.24, 2.45) is 0 Å². The van der Waals surface area contributed by atoms with Crippen LogP contribution in [-0.4, -0.2) is 35.9 Å². The number of rotatable bonds is 7. The number of carbonyl (C=O) groups excluding carboxylic acids is 1. The second-order valence-electron chi connectivity index (χ2n) is 7.86. The molecule has 3 aromatic heterocycles. The molecule has 4 N–H and O–H groups in total. The van der Waals surface area contributed by atoms with E-state index >= 15 is 0 Å². The topological polar surface area (TPSA) is 116 Å². The van der Waals surface area contributed by atoms with Gasteiger partial charge in [0.05, 0.1) is 35.1 Å². The summed E-state index contributed by atoms with van der Waals surface area (Å²) in [7, 11) is 0. The van der Waals surface area contributed by atoms with Gasteiger partial charge in [-0.25, -0.2) is 4.98 Å². The fraction of sp³-hybridized carbons (Fsp3) is 0.120. The standard InChI is InChI=1S/C25H24N8O/c1-3-33-24(11-16(2)32-33)25(34)29-18-6-4-5-17(12-18)28-19-7-9-21-22(30-31-23(21)13-19)10-8-20-14-26-15-27-20/h4-15,28H,3H2,1-2H3,(H,26,27)(H,29,34)(H,30,31)/b10-8+. The highest BCUT2D eigenvalue weighted by atomic mass is 16.2. The molecule has 0 fully saturated rings. The van der Waals surface area contributed by atoms with Crippen LogP contribution in [0, 0.1) is 6.92 Å². The Kier molecular flexibility index (Phi) is 5.65. The van der Waals surface area contributed by atoms with Crippen LogP contribution in [0.15, 0.2) is 61.1 Å². The number of nitrogens with one attached hydrogen (secondary N) is 4. The molecule has 3 heterocycles. The van der Waals surface area contributed by atoms with Crippen molar-refractivity contribution in [2.75, 3.05) is 10.6 Å². The molecular formula is C25H24N8O. The minimum atomic E-state index is -0.186. The van der Waals surface area contributed by atoms with Gasteiger partial charge in [0, 0.05) is 29.0 Å². The van der Waals surface area contributed by atoms with Crippen LogP contribution in [-0.2, 0) is 6.54 Å². The van der Waals surface area contributed by atoms with E-state index in [0.29, 0.717) is 17.9 Å². The van der Waals surface area contributed by atoms with Crippen molar-refractivity contribution in [1.29, 1.82) is 0 Å². The van der Waals surface area contributed by atoms with Crippen LogP contribution >= 0.6 is 0 Å². The first-order valence-electron chi connectivity index (χ1n) is 11.0. The van der Waals surface area contributed by atoms with Crippen LogP contribution in [0.25, 0.3) is 23.1 Å². The highest BCUT2D eigenvalue weighted by Crippen LogP contribution is 2.25. The number of hydrogen-bond donors (Lipinski definition) is 4. The number of hydrogen-bond acceptors (Lipinski definition) is 5. The Bertz CT molecular complexity index is 1480. The number of imidazole rings is 1. The number of aromatic nitrogens is 6. The fourth-order valence-corrected chi connectivity index (χ4v) is 3.78. The van der Waals surface area contributed by atoms with E-state index in [9.17, 15) is 4.79 Å². The lowest BCUT2D eigenvalue weighted by Crippen LogP contribution is -2.17. The predicted molar refractivity (Wildman–Crippen MR) is 134 cm³/mol. The van der Waals surface area contributed by atoms with Gasteiger partial charge in [-0.2, -0.15) is 10.2 Å². The van der Waals surface area contributed by atoms with Crippen molar-refractivity contribution in [3.05, 3.63) is 83.8 Å². The molecule has 0 aliphatic heterocycles. The number of H-pyrrole nitrogens is 2. The summed E-state index contributed by atoms with van der Waals surface area (Å²) in [5.74, 6) is -0.186. The van der Waals surface area contributed by atoms with E-state index in [-0.39, 0.29) is 5.91 Å². The van der Waals surface area contributed by atoms with E-state index in [0.717, 1.165) is 39.4 Å². The van der Waals surface area contributed by atoms with Gasteiger partial charge in [-0.05, 0) is 68.5 Å². The average molecular weight is 453 g/mol. The Hall–Kier alpha value is -4.66. The molecule has 0 aliphatic rings. The summed E-state index contributed by atoms with van der Waals surface area (Å²) >= 11 is 0. The normalized spacial score (nSPS) is 11.4.